The second kappa shape index (κ2) is 9.17. The van der Waals surface area contributed by atoms with Gasteiger partial charge in [-0.25, -0.2) is 9.97 Å². The van der Waals surface area contributed by atoms with Crippen LogP contribution in [0.3, 0.4) is 0 Å². The van der Waals surface area contributed by atoms with Crippen molar-refractivity contribution in [2.24, 2.45) is 0 Å². The first kappa shape index (κ1) is 20.2. The van der Waals surface area contributed by atoms with E-state index in [1.807, 2.05) is 54.6 Å². The van der Waals surface area contributed by atoms with Crippen molar-refractivity contribution in [3.63, 3.8) is 0 Å². The Labute approximate surface area is 179 Å². The fraction of sp³-hybridized carbons (Fsp3) is 0.174. The monoisotopic (exact) mass is 414 g/mol. The molecule has 0 spiro atoms. The summed E-state index contributed by atoms with van der Waals surface area (Å²) in [6.45, 7) is 0.0634. The van der Waals surface area contributed by atoms with Crippen LogP contribution < -0.4 is 10.2 Å². The number of hydrogen-bond donors (Lipinski definition) is 1. The third-order valence-electron chi connectivity index (χ3n) is 4.98. The summed E-state index contributed by atoms with van der Waals surface area (Å²) in [4.78, 5) is 40.0. The minimum absolute atomic E-state index is 0.0634. The number of aromatic nitrogens is 4. The van der Waals surface area contributed by atoms with Crippen molar-refractivity contribution in [2.75, 3.05) is 11.9 Å². The summed E-state index contributed by atoms with van der Waals surface area (Å²) < 4.78 is 1.76. The van der Waals surface area contributed by atoms with Crippen molar-refractivity contribution in [3.05, 3.63) is 85.1 Å². The molecule has 8 heteroatoms. The van der Waals surface area contributed by atoms with E-state index < -0.39 is 6.04 Å². The molecule has 0 bridgehead atoms. The Balaban J connectivity index is 1.53. The van der Waals surface area contributed by atoms with E-state index in [2.05, 4.69) is 20.3 Å². The number of carbonyl (C=O) groups excluding carboxylic acids is 2. The second-order valence-corrected chi connectivity index (χ2v) is 7.13. The van der Waals surface area contributed by atoms with Gasteiger partial charge in [-0.3, -0.25) is 19.5 Å². The van der Waals surface area contributed by atoms with Crippen LogP contribution in [0.15, 0.2) is 79.5 Å². The van der Waals surface area contributed by atoms with Gasteiger partial charge < -0.3 is 9.88 Å². The minimum Gasteiger partial charge on any atom is -0.342 e. The summed E-state index contributed by atoms with van der Waals surface area (Å²) in [6.07, 6.45) is 6.57. The Bertz CT molecular complexity index is 1180. The number of rotatable bonds is 7. The zero-order valence-electron chi connectivity index (χ0n) is 17.0. The van der Waals surface area contributed by atoms with Gasteiger partial charge in [0.2, 0.25) is 5.91 Å². The van der Waals surface area contributed by atoms with Crippen LogP contribution in [0.1, 0.15) is 5.56 Å². The summed E-state index contributed by atoms with van der Waals surface area (Å²) in [6, 6.07) is 16.4. The average Bonchev–Trinajstić information content (AvgIpc) is 3.21. The number of para-hydroxylation sites is 2. The van der Waals surface area contributed by atoms with Gasteiger partial charge in [-0.05, 0) is 17.7 Å². The van der Waals surface area contributed by atoms with E-state index in [1.54, 1.807) is 24.1 Å². The smallest absolute Gasteiger partial charge is 0.250 e. The van der Waals surface area contributed by atoms with Gasteiger partial charge in [0.05, 0.1) is 23.6 Å². The van der Waals surface area contributed by atoms with E-state index in [9.17, 15) is 9.59 Å². The molecule has 0 fully saturated rings. The summed E-state index contributed by atoms with van der Waals surface area (Å²) in [5.41, 5.74) is 2.62. The predicted molar refractivity (Wildman–Crippen MR) is 117 cm³/mol. The lowest BCUT2D eigenvalue weighted by molar-refractivity contribution is -0.127. The molecule has 4 rings (SSSR count). The largest absolute Gasteiger partial charge is 0.342 e. The fourth-order valence-corrected chi connectivity index (χ4v) is 3.39. The molecule has 1 N–H and O–H groups in total. The van der Waals surface area contributed by atoms with E-state index in [0.717, 1.165) is 16.6 Å². The number of hydrogen-bond acceptors (Lipinski definition) is 5. The van der Waals surface area contributed by atoms with Crippen LogP contribution >= 0.6 is 0 Å². The summed E-state index contributed by atoms with van der Waals surface area (Å²) in [7, 11) is 1.62. The van der Waals surface area contributed by atoms with E-state index in [1.165, 1.54) is 17.3 Å². The summed E-state index contributed by atoms with van der Waals surface area (Å²) >= 11 is 0. The van der Waals surface area contributed by atoms with Crippen molar-refractivity contribution in [1.29, 1.82) is 0 Å². The maximum atomic E-state index is 13.2. The molecule has 1 atom stereocenters. The van der Waals surface area contributed by atoms with Crippen molar-refractivity contribution in [2.45, 2.75) is 19.0 Å². The molecule has 2 aromatic heterocycles. The molecule has 1 unspecified atom stereocenters. The minimum atomic E-state index is -0.753. The third kappa shape index (κ3) is 4.75. The fourth-order valence-electron chi connectivity index (χ4n) is 3.39. The lowest BCUT2D eigenvalue weighted by Gasteiger charge is -2.24. The lowest BCUT2D eigenvalue weighted by atomic mass is 10.0. The summed E-state index contributed by atoms with van der Waals surface area (Å²) in [5, 5.41) is 2.89. The molecule has 2 aromatic carbocycles. The maximum absolute atomic E-state index is 13.2. The van der Waals surface area contributed by atoms with Gasteiger partial charge in [0.1, 0.15) is 12.6 Å². The van der Waals surface area contributed by atoms with Gasteiger partial charge in [0, 0.05) is 25.9 Å². The Morgan fingerprint density at radius 1 is 1.03 bits per heavy atom. The highest BCUT2D eigenvalue weighted by Crippen LogP contribution is 2.13. The summed E-state index contributed by atoms with van der Waals surface area (Å²) in [5.74, 6) is -0.126. The van der Waals surface area contributed by atoms with Crippen molar-refractivity contribution >= 4 is 28.7 Å². The van der Waals surface area contributed by atoms with Gasteiger partial charge >= 0.3 is 0 Å². The van der Waals surface area contributed by atoms with Crippen LogP contribution in [0, 0.1) is 0 Å². The maximum Gasteiger partial charge on any atom is 0.250 e. The molecule has 2 amide bonds. The number of likely N-dealkylation sites (N-methyl/N-ethyl adjacent to an activating group) is 1. The first-order valence-corrected chi connectivity index (χ1v) is 9.88. The SMILES string of the molecule is CN(C(=O)C(Cc1ccccc1)NC(=O)Cn1cnc2ccccc21)c1cnccn1. The van der Waals surface area contributed by atoms with Gasteiger partial charge in [0.15, 0.2) is 5.82 Å². The van der Waals surface area contributed by atoms with E-state index in [4.69, 9.17) is 0 Å². The highest BCUT2D eigenvalue weighted by molar-refractivity contribution is 5.98. The standard InChI is InChI=1S/C23H22N6O2/c1-28(21-14-24-11-12-25-21)23(31)19(13-17-7-3-2-4-8-17)27-22(30)15-29-16-26-18-9-5-6-10-20(18)29/h2-12,14,16,19H,13,15H2,1H3,(H,27,30). The third-order valence-corrected chi connectivity index (χ3v) is 4.98. The average molecular weight is 414 g/mol. The number of carbonyl (C=O) groups is 2. The number of nitrogens with one attached hydrogen (secondary N) is 1. The van der Waals surface area contributed by atoms with Crippen molar-refractivity contribution < 1.29 is 9.59 Å². The van der Waals surface area contributed by atoms with Crippen molar-refractivity contribution in [3.8, 4) is 0 Å². The molecule has 4 aromatic rings. The van der Waals surface area contributed by atoms with Gasteiger partial charge in [-0.15, -0.1) is 0 Å². The topological polar surface area (TPSA) is 93.0 Å². The zero-order chi connectivity index (χ0) is 21.6. The first-order valence-electron chi connectivity index (χ1n) is 9.88. The number of nitrogens with zero attached hydrogens (tertiary/aromatic N) is 5. The molecule has 0 aliphatic carbocycles. The molecule has 2 heterocycles. The molecule has 0 aliphatic rings. The molecule has 31 heavy (non-hydrogen) atoms. The van der Waals surface area contributed by atoms with Crippen molar-refractivity contribution in [1.82, 2.24) is 24.8 Å². The van der Waals surface area contributed by atoms with Crippen LogP contribution in [0.25, 0.3) is 11.0 Å². The zero-order valence-corrected chi connectivity index (χ0v) is 17.0. The van der Waals surface area contributed by atoms with Gasteiger partial charge in [0.25, 0.3) is 5.91 Å². The van der Waals surface area contributed by atoms with E-state index in [0.29, 0.717) is 12.2 Å². The normalized spacial score (nSPS) is 11.8. The molecular weight excluding hydrogens is 392 g/mol. The molecule has 156 valence electrons. The highest BCUT2D eigenvalue weighted by Gasteiger charge is 2.26. The van der Waals surface area contributed by atoms with E-state index in [-0.39, 0.29) is 18.4 Å². The van der Waals surface area contributed by atoms with Crippen LogP contribution in [0.5, 0.6) is 0 Å². The number of fused-ring (bicyclic) bond motifs is 1. The van der Waals surface area contributed by atoms with Gasteiger partial charge in [-0.1, -0.05) is 42.5 Å². The Morgan fingerprint density at radius 2 is 1.81 bits per heavy atom. The second-order valence-electron chi connectivity index (χ2n) is 7.13. The van der Waals surface area contributed by atoms with Gasteiger partial charge in [-0.2, -0.15) is 0 Å². The molecule has 0 saturated heterocycles. The molecule has 0 aliphatic heterocycles. The molecule has 0 saturated carbocycles. The number of anilines is 1. The molecule has 8 nitrogen and oxygen atoms in total. The van der Waals surface area contributed by atoms with Crippen LogP contribution in [-0.4, -0.2) is 44.4 Å². The number of benzene rings is 2. The Morgan fingerprint density at radius 3 is 2.58 bits per heavy atom. The van der Waals surface area contributed by atoms with Crippen LogP contribution in [0.2, 0.25) is 0 Å². The lowest BCUT2D eigenvalue weighted by Crippen LogP contribution is -2.49. The Hall–Kier alpha value is -4.07. The highest BCUT2D eigenvalue weighted by atomic mass is 16.2. The molecular formula is C23H22N6O2. The Kier molecular flexibility index (Phi) is 5.98. The van der Waals surface area contributed by atoms with E-state index >= 15 is 0 Å². The predicted octanol–water partition coefficient (Wildman–Crippen LogP) is 2.22. The molecule has 0 radical (unpaired) electrons. The van der Waals surface area contributed by atoms with Crippen LogP contribution in [0.4, 0.5) is 5.82 Å². The first-order chi connectivity index (χ1) is 15.1. The number of imidazole rings is 1. The number of amides is 2. The quantitative estimate of drug-likeness (QED) is 0.501. The van der Waals surface area contributed by atoms with Crippen LogP contribution in [-0.2, 0) is 22.6 Å².